The summed E-state index contributed by atoms with van der Waals surface area (Å²) in [5.74, 6) is -1.22. The maximum absolute atomic E-state index is 13.2. The van der Waals surface area contributed by atoms with E-state index in [0.29, 0.717) is 25.7 Å². The molecule has 0 spiro atoms. The number of ether oxygens (including phenoxy) is 4. The van der Waals surface area contributed by atoms with Crippen LogP contribution in [0.15, 0.2) is 0 Å². The van der Waals surface area contributed by atoms with Crippen molar-refractivity contribution in [2.75, 3.05) is 39.6 Å². The number of hydrogen-bond acceptors (Lipinski definition) is 15. The molecule has 0 saturated carbocycles. The summed E-state index contributed by atoms with van der Waals surface area (Å²) in [6, 6.07) is 0. The van der Waals surface area contributed by atoms with E-state index in [-0.39, 0.29) is 25.7 Å². The molecule has 0 radical (unpaired) electrons. The average Bonchev–Trinajstić information content (AvgIpc) is 0.899. The summed E-state index contributed by atoms with van der Waals surface area (Å²) in [5.41, 5.74) is 0. The average molecular weight is 1590 g/mol. The van der Waals surface area contributed by atoms with Crippen LogP contribution in [-0.4, -0.2) is 96.7 Å². The van der Waals surface area contributed by atoms with Crippen LogP contribution < -0.4 is 0 Å². The van der Waals surface area contributed by atoms with Gasteiger partial charge in [-0.3, -0.25) is 37.3 Å². The van der Waals surface area contributed by atoms with Crippen LogP contribution in [0.5, 0.6) is 0 Å². The predicted molar refractivity (Wildman–Crippen MR) is 451 cm³/mol. The smallest absolute Gasteiger partial charge is 0.462 e. The highest BCUT2D eigenvalue weighted by molar-refractivity contribution is 7.47. The van der Waals surface area contributed by atoms with Crippen LogP contribution >= 0.6 is 15.6 Å². The number of phosphoric acid groups is 2. The van der Waals surface area contributed by atoms with Crippen LogP contribution in [0.4, 0.5) is 0 Å². The van der Waals surface area contributed by atoms with Crippen molar-refractivity contribution in [3.63, 3.8) is 0 Å². The molecule has 109 heavy (non-hydrogen) atoms. The van der Waals surface area contributed by atoms with E-state index in [1.54, 1.807) is 0 Å². The number of carbonyl (C=O) groups excluding carboxylic acids is 4. The standard InChI is InChI=1S/C90H176O17P2/c1-6-10-13-16-19-22-25-27-29-30-31-32-33-37-41-44-49-54-59-64-69-74-88(93)101-80-86(107-90(95)76-71-66-61-56-51-46-42-38-35-34-36-40-43-48-52-57-62-67-72-83(5)9-4)82-105-109(98,99)103-78-84(91)77-102-108(96,97)104-81-85(79-100-87(92)73-68-63-58-53-47-24-21-18-15-12-8-3)106-89(94)75-70-65-60-55-50-45-39-28-26-23-20-17-14-11-7-2/h83-86,91H,6-82H2,1-5H3,(H,96,97)(H,98,99)/t83?,84-,85+,86+/m0/s1. The number of hydrogen-bond donors (Lipinski definition) is 3. The zero-order chi connectivity index (χ0) is 79.7. The van der Waals surface area contributed by atoms with Crippen LogP contribution in [0, 0.1) is 5.92 Å². The van der Waals surface area contributed by atoms with E-state index in [9.17, 15) is 43.2 Å². The monoisotopic (exact) mass is 1590 g/mol. The first-order chi connectivity index (χ1) is 53.1. The van der Waals surface area contributed by atoms with Gasteiger partial charge in [-0.15, -0.1) is 0 Å². The number of esters is 4. The summed E-state index contributed by atoms with van der Waals surface area (Å²) >= 11 is 0. The number of aliphatic hydroxyl groups excluding tert-OH is 1. The van der Waals surface area contributed by atoms with Gasteiger partial charge in [-0.2, -0.15) is 0 Å². The molecule has 19 heteroatoms. The van der Waals surface area contributed by atoms with Gasteiger partial charge in [0.05, 0.1) is 26.4 Å². The second-order valence-electron chi connectivity index (χ2n) is 32.6. The molecule has 3 unspecified atom stereocenters. The highest BCUT2D eigenvalue weighted by Gasteiger charge is 2.31. The van der Waals surface area contributed by atoms with Crippen molar-refractivity contribution >= 4 is 39.5 Å². The Balaban J connectivity index is 5.22. The topological polar surface area (TPSA) is 237 Å². The Labute approximate surface area is 670 Å². The number of aliphatic hydroxyl groups is 1. The van der Waals surface area contributed by atoms with E-state index in [2.05, 4.69) is 34.6 Å². The van der Waals surface area contributed by atoms with Gasteiger partial charge in [0.2, 0.25) is 0 Å². The lowest BCUT2D eigenvalue weighted by Gasteiger charge is -2.21. The molecule has 0 bridgehead atoms. The molecule has 0 aromatic carbocycles. The molecule has 0 amide bonds. The Kier molecular flexibility index (Phi) is 81.1. The van der Waals surface area contributed by atoms with Crippen LogP contribution in [0.1, 0.15) is 490 Å². The van der Waals surface area contributed by atoms with Crippen molar-refractivity contribution in [2.24, 2.45) is 5.92 Å². The molecule has 3 N–H and O–H groups in total. The zero-order valence-corrected chi connectivity index (χ0v) is 73.5. The first-order valence-corrected chi connectivity index (χ1v) is 49.7. The van der Waals surface area contributed by atoms with E-state index < -0.39 is 97.5 Å². The Morgan fingerprint density at radius 3 is 0.651 bits per heavy atom. The number of phosphoric ester groups is 2. The third-order valence-electron chi connectivity index (χ3n) is 21.6. The van der Waals surface area contributed by atoms with Crippen LogP contribution in [-0.2, 0) is 65.4 Å². The lowest BCUT2D eigenvalue weighted by atomic mass is 9.99. The Morgan fingerprint density at radius 2 is 0.440 bits per heavy atom. The Morgan fingerprint density at radius 1 is 0.257 bits per heavy atom. The molecule has 0 aromatic heterocycles. The molecule has 0 aliphatic carbocycles. The van der Waals surface area contributed by atoms with E-state index in [1.165, 1.54) is 315 Å². The fraction of sp³-hybridized carbons (Fsp3) is 0.956. The molecule has 6 atom stereocenters. The van der Waals surface area contributed by atoms with Gasteiger partial charge in [0.25, 0.3) is 0 Å². The van der Waals surface area contributed by atoms with Crippen molar-refractivity contribution in [2.45, 2.75) is 509 Å². The summed E-state index contributed by atoms with van der Waals surface area (Å²) in [7, 11) is -9.93. The lowest BCUT2D eigenvalue weighted by Crippen LogP contribution is -2.30. The molecule has 0 aliphatic rings. The molecular weight excluding hydrogens is 1410 g/mol. The Bertz CT molecular complexity index is 2070. The van der Waals surface area contributed by atoms with E-state index >= 15 is 0 Å². The first kappa shape index (κ1) is 107. The molecule has 648 valence electrons. The number of carbonyl (C=O) groups is 4. The third-order valence-corrected chi connectivity index (χ3v) is 23.5. The Hall–Kier alpha value is -1.94. The van der Waals surface area contributed by atoms with E-state index in [4.69, 9.17) is 37.0 Å². The molecule has 0 aliphatic heterocycles. The van der Waals surface area contributed by atoms with Crippen molar-refractivity contribution in [1.29, 1.82) is 0 Å². The molecular formula is C90H176O17P2. The van der Waals surface area contributed by atoms with Crippen molar-refractivity contribution < 1.29 is 80.2 Å². The largest absolute Gasteiger partial charge is 0.472 e. The van der Waals surface area contributed by atoms with Crippen LogP contribution in [0.2, 0.25) is 0 Å². The fourth-order valence-electron chi connectivity index (χ4n) is 14.1. The number of rotatable bonds is 90. The molecule has 0 saturated heterocycles. The summed E-state index contributed by atoms with van der Waals surface area (Å²) < 4.78 is 69.0. The molecule has 17 nitrogen and oxygen atoms in total. The summed E-state index contributed by atoms with van der Waals surface area (Å²) in [6.45, 7) is 7.45. The summed E-state index contributed by atoms with van der Waals surface area (Å²) in [6.07, 6.45) is 77.8. The minimum Gasteiger partial charge on any atom is -0.462 e. The van der Waals surface area contributed by atoms with Crippen molar-refractivity contribution in [3.8, 4) is 0 Å². The van der Waals surface area contributed by atoms with Gasteiger partial charge in [-0.25, -0.2) is 9.13 Å². The van der Waals surface area contributed by atoms with Crippen molar-refractivity contribution in [1.82, 2.24) is 0 Å². The normalized spacial score (nSPS) is 13.9. The molecule has 0 aromatic rings. The van der Waals surface area contributed by atoms with Gasteiger partial charge in [0, 0.05) is 25.7 Å². The van der Waals surface area contributed by atoms with Gasteiger partial charge in [-0.05, 0) is 31.6 Å². The highest BCUT2D eigenvalue weighted by atomic mass is 31.2. The third kappa shape index (κ3) is 82.4. The van der Waals surface area contributed by atoms with Crippen LogP contribution in [0.3, 0.4) is 0 Å². The van der Waals surface area contributed by atoms with E-state index in [1.807, 2.05) is 0 Å². The van der Waals surface area contributed by atoms with Gasteiger partial charge >= 0.3 is 39.5 Å². The second kappa shape index (κ2) is 82.6. The summed E-state index contributed by atoms with van der Waals surface area (Å²) in [5, 5.41) is 10.7. The molecule has 0 fully saturated rings. The highest BCUT2D eigenvalue weighted by Crippen LogP contribution is 2.45. The molecule has 0 rings (SSSR count). The van der Waals surface area contributed by atoms with Gasteiger partial charge in [0.15, 0.2) is 12.2 Å². The maximum Gasteiger partial charge on any atom is 0.472 e. The first-order valence-electron chi connectivity index (χ1n) is 46.7. The minimum atomic E-state index is -4.97. The van der Waals surface area contributed by atoms with Crippen LogP contribution in [0.25, 0.3) is 0 Å². The lowest BCUT2D eigenvalue weighted by molar-refractivity contribution is -0.161. The van der Waals surface area contributed by atoms with Gasteiger partial charge in [0.1, 0.15) is 19.3 Å². The number of unbranched alkanes of at least 4 members (excludes halogenated alkanes) is 61. The fourth-order valence-corrected chi connectivity index (χ4v) is 15.7. The maximum atomic E-state index is 13.2. The van der Waals surface area contributed by atoms with E-state index in [0.717, 1.165) is 95.8 Å². The van der Waals surface area contributed by atoms with Crippen molar-refractivity contribution in [3.05, 3.63) is 0 Å². The SMILES string of the molecule is CCCCCCCCCCCCCCCCCCCCCCCC(=O)OC[C@H](COP(=O)(O)OC[C@@H](O)COP(=O)(O)OC[C@@H](COC(=O)CCCCCCCCCCCCC)OC(=O)CCCCCCCCCCCCCCCCC)OC(=O)CCCCCCCCCCCCCCCCCCCCC(C)CC. The van der Waals surface area contributed by atoms with Gasteiger partial charge in [-0.1, -0.05) is 439 Å². The zero-order valence-electron chi connectivity index (χ0n) is 71.7. The molecule has 0 heterocycles. The predicted octanol–water partition coefficient (Wildman–Crippen LogP) is 27.9. The quantitative estimate of drug-likeness (QED) is 0.0222. The second-order valence-corrected chi connectivity index (χ2v) is 35.5. The minimum absolute atomic E-state index is 0.109. The van der Waals surface area contributed by atoms with Gasteiger partial charge < -0.3 is 33.8 Å². The summed E-state index contributed by atoms with van der Waals surface area (Å²) in [4.78, 5) is 73.3.